The van der Waals surface area contributed by atoms with Crippen LogP contribution in [-0.2, 0) is 4.79 Å². The second kappa shape index (κ2) is 8.56. The Balaban J connectivity index is 1.69. The van der Waals surface area contributed by atoms with Gasteiger partial charge >= 0.3 is 0 Å². The molecule has 2 aromatic heterocycles. The molecule has 0 saturated carbocycles. The number of nitrogens with one attached hydrogen (secondary N) is 2. The van der Waals surface area contributed by atoms with E-state index in [1.807, 2.05) is 17.5 Å². The number of H-pyrrole nitrogens is 1. The van der Waals surface area contributed by atoms with E-state index in [2.05, 4.69) is 15.5 Å². The molecular weight excluding hydrogens is 407 g/mol. The summed E-state index contributed by atoms with van der Waals surface area (Å²) in [4.78, 5) is 27.4. The number of aromatic nitrogens is 2. The number of benzene rings is 1. The van der Waals surface area contributed by atoms with Gasteiger partial charge in [-0.25, -0.2) is 0 Å². The van der Waals surface area contributed by atoms with Crippen molar-refractivity contribution in [1.29, 1.82) is 0 Å². The zero-order chi connectivity index (χ0) is 19.4. The van der Waals surface area contributed by atoms with Gasteiger partial charge in [-0.2, -0.15) is 5.10 Å². The summed E-state index contributed by atoms with van der Waals surface area (Å²) >= 11 is 13.7. The number of nitrogens with zero attached hydrogens (tertiary/aromatic N) is 2. The van der Waals surface area contributed by atoms with Crippen molar-refractivity contribution >= 4 is 52.0 Å². The number of halogens is 2. The first-order chi connectivity index (χ1) is 13.0. The molecule has 2 N–H and O–H groups in total. The molecule has 0 atom stereocenters. The largest absolute Gasteiger partial charge is 0.328 e. The lowest BCUT2D eigenvalue weighted by atomic mass is 10.2. The minimum atomic E-state index is -0.394. The molecule has 0 saturated heterocycles. The van der Waals surface area contributed by atoms with Gasteiger partial charge in [-0.1, -0.05) is 35.3 Å². The van der Waals surface area contributed by atoms with Crippen LogP contribution in [0.3, 0.4) is 0 Å². The topological polar surface area (TPSA) is 78.1 Å². The van der Waals surface area contributed by atoms with Gasteiger partial charge in [0, 0.05) is 6.54 Å². The molecule has 0 aliphatic heterocycles. The van der Waals surface area contributed by atoms with Crippen molar-refractivity contribution in [1.82, 2.24) is 15.1 Å². The molecule has 0 aliphatic carbocycles. The van der Waals surface area contributed by atoms with Crippen LogP contribution in [0.25, 0.3) is 10.6 Å². The Morgan fingerprint density at radius 2 is 1.96 bits per heavy atom. The Labute approximate surface area is 170 Å². The van der Waals surface area contributed by atoms with Gasteiger partial charge < -0.3 is 10.2 Å². The lowest BCUT2D eigenvalue weighted by Crippen LogP contribution is -2.38. The third-order valence-corrected chi connectivity index (χ3v) is 5.35. The molecule has 0 fully saturated rings. The number of hydrogen-bond acceptors (Lipinski definition) is 4. The molecule has 1 aromatic carbocycles. The van der Waals surface area contributed by atoms with E-state index in [1.165, 1.54) is 4.90 Å². The van der Waals surface area contributed by atoms with Gasteiger partial charge in [0.1, 0.15) is 6.54 Å². The van der Waals surface area contributed by atoms with Crippen molar-refractivity contribution in [2.45, 2.75) is 6.92 Å². The number of thiophene rings is 1. The van der Waals surface area contributed by atoms with E-state index in [0.717, 1.165) is 10.6 Å². The Morgan fingerprint density at radius 3 is 2.59 bits per heavy atom. The van der Waals surface area contributed by atoms with Crippen LogP contribution in [0.15, 0.2) is 41.8 Å². The average molecular weight is 423 g/mol. The predicted octanol–water partition coefficient (Wildman–Crippen LogP) is 4.55. The molecule has 3 rings (SSSR count). The highest BCUT2D eigenvalue weighted by atomic mass is 35.5. The molecule has 27 heavy (non-hydrogen) atoms. The molecule has 2 amide bonds. The van der Waals surface area contributed by atoms with Crippen LogP contribution in [0.4, 0.5) is 5.69 Å². The van der Waals surface area contributed by atoms with Gasteiger partial charge in [-0.3, -0.25) is 14.7 Å². The van der Waals surface area contributed by atoms with Crippen LogP contribution in [-0.4, -0.2) is 40.0 Å². The van der Waals surface area contributed by atoms with Crippen molar-refractivity contribution in [3.63, 3.8) is 0 Å². The van der Waals surface area contributed by atoms with Gasteiger partial charge in [0.25, 0.3) is 5.91 Å². The van der Waals surface area contributed by atoms with E-state index < -0.39 is 5.91 Å². The van der Waals surface area contributed by atoms with E-state index in [4.69, 9.17) is 23.2 Å². The summed E-state index contributed by atoms with van der Waals surface area (Å²) in [5.74, 6) is -0.730. The normalized spacial score (nSPS) is 10.6. The van der Waals surface area contributed by atoms with Crippen molar-refractivity contribution in [3.05, 3.63) is 57.5 Å². The lowest BCUT2D eigenvalue weighted by Gasteiger charge is -2.19. The van der Waals surface area contributed by atoms with Crippen LogP contribution in [0.5, 0.6) is 0 Å². The van der Waals surface area contributed by atoms with Crippen LogP contribution in [0, 0.1) is 0 Å². The Hall–Kier alpha value is -2.35. The molecular formula is C18H16Cl2N4O2S. The fourth-order valence-electron chi connectivity index (χ4n) is 2.45. The first-order valence-electron chi connectivity index (χ1n) is 8.12. The molecule has 0 radical (unpaired) electrons. The van der Waals surface area contributed by atoms with Gasteiger partial charge in [-0.05, 0) is 36.6 Å². The first-order valence-corrected chi connectivity index (χ1v) is 9.75. The summed E-state index contributed by atoms with van der Waals surface area (Å²) in [7, 11) is 0. The molecule has 0 aliphatic rings. The van der Waals surface area contributed by atoms with E-state index in [1.54, 1.807) is 42.5 Å². The number of hydrogen-bond donors (Lipinski definition) is 2. The van der Waals surface area contributed by atoms with Crippen LogP contribution in [0.1, 0.15) is 17.4 Å². The molecule has 2 heterocycles. The predicted molar refractivity (Wildman–Crippen MR) is 109 cm³/mol. The zero-order valence-corrected chi connectivity index (χ0v) is 16.7. The van der Waals surface area contributed by atoms with Crippen molar-refractivity contribution < 1.29 is 9.59 Å². The summed E-state index contributed by atoms with van der Waals surface area (Å²) in [6.07, 6.45) is 0. The highest BCUT2D eigenvalue weighted by Crippen LogP contribution is 2.29. The molecule has 9 heteroatoms. The molecule has 6 nitrogen and oxygen atoms in total. The smallest absolute Gasteiger partial charge is 0.274 e. The summed E-state index contributed by atoms with van der Waals surface area (Å²) in [5, 5.41) is 12.2. The monoisotopic (exact) mass is 422 g/mol. The van der Waals surface area contributed by atoms with E-state index in [-0.39, 0.29) is 18.1 Å². The van der Waals surface area contributed by atoms with Gasteiger partial charge in [0.2, 0.25) is 5.91 Å². The van der Waals surface area contributed by atoms with Gasteiger partial charge in [-0.15, -0.1) is 11.3 Å². The number of likely N-dealkylation sites (N-methyl/N-ethyl adjacent to an activating group) is 1. The van der Waals surface area contributed by atoms with Crippen molar-refractivity contribution in [2.75, 3.05) is 18.4 Å². The SMILES string of the molecule is CCN(CC(=O)Nc1c(Cl)cccc1Cl)C(=O)c1cc(-c2cccs2)[nH]n1. The number of rotatable bonds is 6. The number of carbonyl (C=O) groups is 2. The molecule has 0 spiro atoms. The molecule has 0 bridgehead atoms. The third kappa shape index (κ3) is 4.50. The number of aromatic amines is 1. The fraction of sp³-hybridized carbons (Fsp3) is 0.167. The number of carbonyl (C=O) groups excluding carboxylic acids is 2. The van der Waals surface area contributed by atoms with Gasteiger partial charge in [0.05, 0.1) is 26.3 Å². The number of amides is 2. The second-order valence-electron chi connectivity index (χ2n) is 5.61. The standard InChI is InChI=1S/C18H16Cl2N4O2S/c1-2-24(10-16(25)21-17-11(19)5-3-6-12(17)20)18(26)14-9-13(22-23-14)15-7-4-8-27-15/h3-9H,2,10H2,1H3,(H,21,25)(H,22,23). The number of anilines is 1. The van der Waals surface area contributed by atoms with Gasteiger partial charge in [0.15, 0.2) is 5.69 Å². The maximum atomic E-state index is 12.7. The molecule has 3 aromatic rings. The average Bonchev–Trinajstić information content (AvgIpc) is 3.33. The molecule has 140 valence electrons. The Kier molecular flexibility index (Phi) is 6.15. The van der Waals surface area contributed by atoms with Crippen LogP contribution in [0.2, 0.25) is 10.0 Å². The van der Waals surface area contributed by atoms with Crippen LogP contribution < -0.4 is 5.32 Å². The van der Waals surface area contributed by atoms with Crippen molar-refractivity contribution in [3.8, 4) is 10.6 Å². The zero-order valence-electron chi connectivity index (χ0n) is 14.3. The number of para-hydroxylation sites is 1. The first kappa shape index (κ1) is 19.4. The highest BCUT2D eigenvalue weighted by molar-refractivity contribution is 7.13. The minimum Gasteiger partial charge on any atom is -0.328 e. The van der Waals surface area contributed by atoms with E-state index in [0.29, 0.717) is 22.3 Å². The Bertz CT molecular complexity index is 936. The third-order valence-electron chi connectivity index (χ3n) is 3.81. The quantitative estimate of drug-likeness (QED) is 0.611. The van der Waals surface area contributed by atoms with Crippen LogP contribution >= 0.6 is 34.5 Å². The molecule has 0 unspecified atom stereocenters. The summed E-state index contributed by atoms with van der Waals surface area (Å²) in [6, 6.07) is 10.5. The fourth-order valence-corrected chi connectivity index (χ4v) is 3.63. The highest BCUT2D eigenvalue weighted by Gasteiger charge is 2.21. The second-order valence-corrected chi connectivity index (χ2v) is 7.37. The van der Waals surface area contributed by atoms with E-state index >= 15 is 0 Å². The minimum absolute atomic E-state index is 0.141. The Morgan fingerprint density at radius 1 is 1.22 bits per heavy atom. The summed E-state index contributed by atoms with van der Waals surface area (Å²) in [6.45, 7) is 2.00. The van der Waals surface area contributed by atoms with Crippen molar-refractivity contribution in [2.24, 2.45) is 0 Å². The summed E-state index contributed by atoms with van der Waals surface area (Å²) in [5.41, 5.74) is 1.34. The summed E-state index contributed by atoms with van der Waals surface area (Å²) < 4.78 is 0. The maximum Gasteiger partial charge on any atom is 0.274 e. The lowest BCUT2D eigenvalue weighted by molar-refractivity contribution is -0.116. The maximum absolute atomic E-state index is 12.7. The van der Waals surface area contributed by atoms with E-state index in [9.17, 15) is 9.59 Å².